The zero-order valence-corrected chi connectivity index (χ0v) is 69.1. The topological polar surface area (TPSA) is 519 Å². The molecule has 6 unspecified atom stereocenters. The minimum absolute atomic E-state index is 0.0352. The van der Waals surface area contributed by atoms with Crippen LogP contribution in [0.4, 0.5) is 0 Å². The van der Waals surface area contributed by atoms with Gasteiger partial charge in [-0.1, -0.05) is 59.3 Å². The fourth-order valence-electron chi connectivity index (χ4n) is 13.5. The molecule has 8 amide bonds. The number of rotatable bonds is 62. The van der Waals surface area contributed by atoms with E-state index in [1.807, 2.05) is 20.8 Å². The van der Waals surface area contributed by atoms with Crippen molar-refractivity contribution in [3.8, 4) is 0 Å². The predicted octanol–water partition coefficient (Wildman–Crippen LogP) is -0.607. The van der Waals surface area contributed by atoms with E-state index in [1.54, 1.807) is 25.7 Å². The minimum atomic E-state index is -1.39. The van der Waals surface area contributed by atoms with Crippen molar-refractivity contribution >= 4 is 47.3 Å². The average molecular weight is 1650 g/mol. The number of β-amino-alcohol motifs (C(OH)–C–C–N with tert-alkyl or cyclic N) is 1. The Kier molecular flexibility index (Phi) is 51.6. The Hall–Kier alpha value is -5.04. The Morgan fingerprint density at radius 2 is 0.687 bits per heavy atom. The van der Waals surface area contributed by atoms with Crippen LogP contribution in [-0.2, 0) is 85.7 Å². The van der Waals surface area contributed by atoms with Crippen molar-refractivity contribution in [2.45, 2.75) is 306 Å². The summed E-state index contributed by atoms with van der Waals surface area (Å²) < 4.78 is 58.5. The molecule has 668 valence electrons. The summed E-state index contributed by atoms with van der Waals surface area (Å²) >= 11 is 0. The molecule has 4 fully saturated rings. The van der Waals surface area contributed by atoms with Crippen molar-refractivity contribution in [3.05, 3.63) is 0 Å². The van der Waals surface area contributed by atoms with Crippen LogP contribution in [0.5, 0.6) is 0 Å². The maximum Gasteiger partial charge on any atom is 0.222 e. The zero-order valence-electron chi connectivity index (χ0n) is 69.1. The number of carbonyl (C=O) groups excluding carboxylic acids is 8. The first-order valence-electron chi connectivity index (χ1n) is 42.0. The maximum atomic E-state index is 14.0. The third-order valence-electron chi connectivity index (χ3n) is 20.7. The summed E-state index contributed by atoms with van der Waals surface area (Å²) in [5.41, 5.74) is -1.74. The number of aliphatic hydroxyl groups is 10. The standard InChI is InChI=1S/C79H144N8O28/c1-53-69(100)72(103)58(46-88)113-75(53)109-39-18-14-24-61(92)80-32-21-35-83-64(95)28-29-67(98)86-79(50-106-38-17-12-10-8-7-9-11-13-27-68(99)87-45-57(91)44-56(87)49-112-78(4,5)6,51-107-42-30-65(96)84-36-22-33-81-62(93)25-15-19-40-110-76-54(2)70(101)73(104)59(47-89)114-76)52-108-43-31-66(97)85-37-23-34-82-63(94)26-16-20-41-111-77-55(3)71(102)74(105)60(48-90)115-77/h53-60,69-77,88-91,100-105H,7-52H2,1-6H3,(H,80,92)(H,81,93)(H,82,94)(H,83,95)(H,84,96)(H,85,97)(H,86,98)/t53-,54-,55-,56-,57+,58?,59?,60?,69?,70?,71?,72-,73-,74-,75+,76+,77+,79?/m0/s1. The lowest BCUT2D eigenvalue weighted by Crippen LogP contribution is -2.58. The van der Waals surface area contributed by atoms with Crippen LogP contribution in [0, 0.1) is 17.8 Å². The lowest BCUT2D eigenvalue weighted by molar-refractivity contribution is -0.282. The third-order valence-corrected chi connectivity index (χ3v) is 20.7. The fraction of sp³-hybridized carbons (Fsp3) is 0.899. The van der Waals surface area contributed by atoms with E-state index < -0.39 is 135 Å². The predicted molar refractivity (Wildman–Crippen MR) is 417 cm³/mol. The molecule has 0 radical (unpaired) electrons. The van der Waals surface area contributed by atoms with Gasteiger partial charge in [0.15, 0.2) is 18.9 Å². The summed E-state index contributed by atoms with van der Waals surface area (Å²) in [6.45, 7) is 12.0. The molecule has 17 N–H and O–H groups in total. The van der Waals surface area contributed by atoms with Crippen LogP contribution in [0.1, 0.15) is 208 Å². The van der Waals surface area contributed by atoms with Gasteiger partial charge in [-0.15, -0.1) is 0 Å². The van der Waals surface area contributed by atoms with E-state index in [1.165, 1.54) is 0 Å². The van der Waals surface area contributed by atoms with Gasteiger partial charge in [0.05, 0.1) is 95.5 Å². The first kappa shape index (κ1) is 102. The van der Waals surface area contributed by atoms with Gasteiger partial charge in [-0.3, -0.25) is 38.4 Å². The summed E-state index contributed by atoms with van der Waals surface area (Å²) in [5, 5.41) is 120. The normalized spacial score (nSPS) is 26.2. The van der Waals surface area contributed by atoms with Gasteiger partial charge in [-0.25, -0.2) is 0 Å². The first-order chi connectivity index (χ1) is 55.0. The van der Waals surface area contributed by atoms with Crippen LogP contribution in [0.15, 0.2) is 0 Å². The average Bonchev–Trinajstić information content (AvgIpc) is 1.39. The van der Waals surface area contributed by atoms with Crippen LogP contribution in [0.25, 0.3) is 0 Å². The smallest absolute Gasteiger partial charge is 0.222 e. The Morgan fingerprint density at radius 1 is 0.374 bits per heavy atom. The van der Waals surface area contributed by atoms with Crippen LogP contribution in [0.2, 0.25) is 0 Å². The van der Waals surface area contributed by atoms with E-state index >= 15 is 0 Å². The molecular formula is C79H144N8O28. The third kappa shape index (κ3) is 41.7. The van der Waals surface area contributed by atoms with Crippen LogP contribution in [0.3, 0.4) is 0 Å². The lowest BCUT2D eigenvalue weighted by Gasteiger charge is -2.40. The molecule has 0 spiro atoms. The van der Waals surface area contributed by atoms with Crippen molar-refractivity contribution in [2.24, 2.45) is 17.8 Å². The second-order valence-electron chi connectivity index (χ2n) is 31.9. The van der Waals surface area contributed by atoms with E-state index in [-0.39, 0.29) is 171 Å². The van der Waals surface area contributed by atoms with Crippen LogP contribution in [-0.4, -0.2) is 332 Å². The molecule has 17 atom stereocenters. The van der Waals surface area contributed by atoms with Crippen LogP contribution < -0.4 is 37.2 Å². The number of hydrogen-bond acceptors (Lipinski definition) is 28. The van der Waals surface area contributed by atoms with Gasteiger partial charge in [0, 0.05) is 141 Å². The molecule has 4 heterocycles. The number of nitrogens with zero attached hydrogens (tertiary/aromatic N) is 1. The Morgan fingerprint density at radius 3 is 1.05 bits per heavy atom. The molecule has 4 rings (SSSR count). The molecule has 0 aliphatic carbocycles. The molecule has 4 saturated heterocycles. The highest BCUT2D eigenvalue weighted by Gasteiger charge is 2.45. The number of amides is 8. The maximum absolute atomic E-state index is 14.0. The second kappa shape index (κ2) is 58.0. The largest absolute Gasteiger partial charge is 0.394 e. The molecule has 36 nitrogen and oxygen atoms in total. The quantitative estimate of drug-likeness (QED) is 0.0338. The van der Waals surface area contributed by atoms with Gasteiger partial charge in [0.25, 0.3) is 0 Å². The van der Waals surface area contributed by atoms with E-state index in [4.69, 9.17) is 47.4 Å². The Balaban J connectivity index is 1.28. The van der Waals surface area contributed by atoms with Crippen molar-refractivity contribution < 1.29 is 137 Å². The molecule has 4 aliphatic rings. The summed E-state index contributed by atoms with van der Waals surface area (Å²) in [6.07, 6.45) is -0.797. The van der Waals surface area contributed by atoms with Gasteiger partial charge in [0.1, 0.15) is 42.2 Å². The first-order valence-corrected chi connectivity index (χ1v) is 42.0. The second-order valence-corrected chi connectivity index (χ2v) is 31.9. The highest BCUT2D eigenvalue weighted by atomic mass is 16.7. The minimum Gasteiger partial charge on any atom is -0.394 e. The number of unbranched alkanes of at least 4 members (excludes halogenated alkanes) is 10. The molecule has 115 heavy (non-hydrogen) atoms. The van der Waals surface area contributed by atoms with Gasteiger partial charge in [0.2, 0.25) is 47.3 Å². The summed E-state index contributed by atoms with van der Waals surface area (Å²) in [6, 6.07) is -0.141. The Bertz CT molecular complexity index is 2640. The molecule has 0 aromatic heterocycles. The molecule has 4 aliphatic heterocycles. The highest BCUT2D eigenvalue weighted by molar-refractivity contribution is 5.84. The number of carbonyl (C=O) groups is 8. The fourth-order valence-corrected chi connectivity index (χ4v) is 13.5. The number of nitrogens with one attached hydrogen (secondary N) is 7. The molecule has 36 heteroatoms. The van der Waals surface area contributed by atoms with Crippen molar-refractivity contribution in [1.29, 1.82) is 0 Å². The zero-order chi connectivity index (χ0) is 84.6. The summed E-state index contributed by atoms with van der Waals surface area (Å²) in [5.74, 6) is -3.78. The van der Waals surface area contributed by atoms with Crippen LogP contribution >= 0.6 is 0 Å². The lowest BCUT2D eigenvalue weighted by atomic mass is 9.92. The molecule has 0 aromatic carbocycles. The van der Waals surface area contributed by atoms with Gasteiger partial charge < -0.3 is 141 Å². The summed E-state index contributed by atoms with van der Waals surface area (Å²) in [7, 11) is 0. The van der Waals surface area contributed by atoms with Gasteiger partial charge in [-0.2, -0.15) is 0 Å². The number of ether oxygens (including phenoxy) is 10. The number of hydrogen-bond donors (Lipinski definition) is 17. The van der Waals surface area contributed by atoms with E-state index in [9.17, 15) is 89.4 Å². The number of aliphatic hydroxyl groups excluding tert-OH is 10. The number of likely N-dealkylation sites (tertiary alicyclic amines) is 1. The molecule has 0 aromatic rings. The van der Waals surface area contributed by atoms with Crippen molar-refractivity contribution in [1.82, 2.24) is 42.1 Å². The molecule has 0 bridgehead atoms. The summed E-state index contributed by atoms with van der Waals surface area (Å²) in [4.78, 5) is 106. The van der Waals surface area contributed by atoms with Gasteiger partial charge in [-0.05, 0) is 97.8 Å². The highest BCUT2D eigenvalue weighted by Crippen LogP contribution is 2.31. The molecule has 0 saturated carbocycles. The van der Waals surface area contributed by atoms with E-state index in [2.05, 4.69) is 37.2 Å². The van der Waals surface area contributed by atoms with Gasteiger partial charge >= 0.3 is 0 Å². The molecular weight excluding hydrogens is 1510 g/mol. The Labute approximate surface area is 678 Å². The SMILES string of the molecule is C[C@H]1C(O)[C@@H](O)C(CO)O[C@H]1OCCCCC(=O)NCCCNC(=O)CCOCC(COCCCCCCCCCCC(=O)N1C[C@H](O)C[C@H]1COC(C)(C)C)(COCCC(=O)NCCCNC(=O)CCCCO[C@@H]1OC(CO)[C@H](O)C(O)[C@@H]1C)NC(=O)CCC(=O)NCCCNC(=O)CCCCO[C@@H]1OC(CO)[C@H](O)C(O)[C@@H]1C. The van der Waals surface area contributed by atoms with E-state index in [0.717, 1.165) is 44.9 Å². The monoisotopic (exact) mass is 1650 g/mol. The van der Waals surface area contributed by atoms with E-state index in [0.29, 0.717) is 110 Å². The van der Waals surface area contributed by atoms with Crippen molar-refractivity contribution in [3.63, 3.8) is 0 Å². The van der Waals surface area contributed by atoms with Crippen molar-refractivity contribution in [2.75, 3.05) is 132 Å².